The Morgan fingerprint density at radius 1 is 1.12 bits per heavy atom. The van der Waals surface area contributed by atoms with Crippen LogP contribution in [0, 0.1) is 0 Å². The van der Waals surface area contributed by atoms with Crippen LogP contribution in [-0.2, 0) is 16.3 Å². The lowest BCUT2D eigenvalue weighted by Gasteiger charge is -2.10. The molecule has 0 bridgehead atoms. The van der Waals surface area contributed by atoms with Crippen LogP contribution in [0.25, 0.3) is 21.9 Å². The molecule has 0 fully saturated rings. The van der Waals surface area contributed by atoms with E-state index >= 15 is 0 Å². The van der Waals surface area contributed by atoms with E-state index in [1.165, 1.54) is 25.1 Å². The fourth-order valence-corrected chi connectivity index (χ4v) is 4.01. The third kappa shape index (κ3) is 2.99. The maximum absolute atomic E-state index is 12.9. The highest BCUT2D eigenvalue weighted by Gasteiger charge is 2.21. The molecule has 0 unspecified atom stereocenters. The van der Waals surface area contributed by atoms with Crippen molar-refractivity contribution in [3.05, 3.63) is 51.7 Å². The van der Waals surface area contributed by atoms with Gasteiger partial charge in [-0.25, -0.2) is 13.2 Å². The van der Waals surface area contributed by atoms with Crippen molar-refractivity contribution in [2.45, 2.75) is 31.6 Å². The van der Waals surface area contributed by atoms with Crippen molar-refractivity contribution < 1.29 is 22.7 Å². The Bertz CT molecular complexity index is 1190. The number of fused-ring (bicyclic) bond motifs is 2. The van der Waals surface area contributed by atoms with E-state index in [1.54, 1.807) is 12.1 Å². The lowest BCUT2D eigenvalue weighted by Crippen LogP contribution is -2.10. The normalized spacial score (nSPS) is 11.9. The molecular weight excluding hydrogens is 356 g/mol. The van der Waals surface area contributed by atoms with Crippen LogP contribution in [0.2, 0.25) is 0 Å². The molecule has 0 aliphatic heterocycles. The first-order chi connectivity index (χ1) is 12.3. The molecule has 1 aromatic heterocycles. The molecule has 0 aliphatic rings. The van der Waals surface area contributed by atoms with Crippen LogP contribution in [-0.4, -0.2) is 25.2 Å². The van der Waals surface area contributed by atoms with Gasteiger partial charge in [-0.3, -0.25) is 4.79 Å². The molecule has 0 amide bonds. The van der Waals surface area contributed by atoms with E-state index in [0.29, 0.717) is 6.42 Å². The summed E-state index contributed by atoms with van der Waals surface area (Å²) in [5, 5.41) is 9.40. The van der Waals surface area contributed by atoms with E-state index in [2.05, 4.69) is 0 Å². The minimum Gasteiger partial charge on any atom is -0.478 e. The molecule has 0 aliphatic carbocycles. The zero-order chi connectivity index (χ0) is 19.1. The quantitative estimate of drug-likeness (QED) is 0.687. The number of aromatic carboxylic acids is 1. The maximum Gasteiger partial charge on any atom is 0.335 e. The standard InChI is InChI=1S/C19H18O6S/c1-3-5-11-8-14-17(20)13-10-12(19(21)22)6-7-15(13)25-18(14)16(9-11)26(23,24)4-2/h6-10H,3-5H2,1-2H3,(H,21,22). The Morgan fingerprint density at radius 2 is 1.85 bits per heavy atom. The summed E-state index contributed by atoms with van der Waals surface area (Å²) in [7, 11) is -3.60. The number of hydrogen-bond donors (Lipinski definition) is 1. The molecule has 136 valence electrons. The highest BCUT2D eigenvalue weighted by Crippen LogP contribution is 2.28. The third-order valence-electron chi connectivity index (χ3n) is 4.30. The van der Waals surface area contributed by atoms with Gasteiger partial charge in [0.1, 0.15) is 10.5 Å². The van der Waals surface area contributed by atoms with Gasteiger partial charge in [0, 0.05) is 0 Å². The number of carboxylic acids is 1. The lowest BCUT2D eigenvalue weighted by molar-refractivity contribution is 0.0697. The van der Waals surface area contributed by atoms with Gasteiger partial charge in [-0.15, -0.1) is 0 Å². The molecule has 0 spiro atoms. The van der Waals surface area contributed by atoms with E-state index in [-0.39, 0.29) is 38.2 Å². The third-order valence-corrected chi connectivity index (χ3v) is 6.03. The van der Waals surface area contributed by atoms with Gasteiger partial charge in [-0.05, 0) is 42.3 Å². The highest BCUT2D eigenvalue weighted by molar-refractivity contribution is 7.91. The minimum atomic E-state index is -3.60. The molecule has 1 N–H and O–H groups in total. The number of carboxylic acid groups (broad SMARTS) is 1. The molecule has 6 nitrogen and oxygen atoms in total. The topological polar surface area (TPSA) is 102 Å². The van der Waals surface area contributed by atoms with Crippen LogP contribution >= 0.6 is 0 Å². The van der Waals surface area contributed by atoms with E-state index in [0.717, 1.165) is 12.0 Å². The largest absolute Gasteiger partial charge is 0.478 e. The zero-order valence-corrected chi connectivity index (χ0v) is 15.2. The highest BCUT2D eigenvalue weighted by atomic mass is 32.2. The van der Waals surface area contributed by atoms with Crippen LogP contribution in [0.4, 0.5) is 0 Å². The molecule has 0 saturated carbocycles. The Hall–Kier alpha value is -2.67. The summed E-state index contributed by atoms with van der Waals surface area (Å²) in [5.41, 5.74) is 0.439. The molecule has 7 heteroatoms. The van der Waals surface area contributed by atoms with Crippen molar-refractivity contribution >= 4 is 37.7 Å². The summed E-state index contributed by atoms with van der Waals surface area (Å²) in [6.07, 6.45) is 1.41. The van der Waals surface area contributed by atoms with Gasteiger partial charge in [-0.1, -0.05) is 20.3 Å². The second kappa shape index (κ2) is 6.57. The summed E-state index contributed by atoms with van der Waals surface area (Å²) in [6, 6.07) is 7.14. The van der Waals surface area contributed by atoms with E-state index in [9.17, 15) is 18.0 Å². The van der Waals surface area contributed by atoms with Crippen LogP contribution in [0.5, 0.6) is 0 Å². The maximum atomic E-state index is 12.9. The van der Waals surface area contributed by atoms with E-state index in [1.807, 2.05) is 6.92 Å². The molecule has 3 aromatic rings. The Balaban J connectivity index is 2.49. The zero-order valence-electron chi connectivity index (χ0n) is 14.4. The Labute approximate surface area is 150 Å². The fourth-order valence-electron chi connectivity index (χ4n) is 2.94. The molecule has 2 aromatic carbocycles. The molecular formula is C19H18O6S. The van der Waals surface area contributed by atoms with Gasteiger partial charge in [-0.2, -0.15) is 0 Å². The average molecular weight is 374 g/mol. The number of benzene rings is 2. The first-order valence-corrected chi connectivity index (χ1v) is 9.93. The van der Waals surface area contributed by atoms with E-state index < -0.39 is 21.2 Å². The summed E-state index contributed by atoms with van der Waals surface area (Å²) < 4.78 is 30.8. The average Bonchev–Trinajstić information content (AvgIpc) is 2.61. The number of rotatable bonds is 5. The Morgan fingerprint density at radius 3 is 2.46 bits per heavy atom. The monoisotopic (exact) mass is 374 g/mol. The van der Waals surface area contributed by atoms with Gasteiger partial charge in [0.05, 0.1) is 22.1 Å². The lowest BCUT2D eigenvalue weighted by atomic mass is 10.0. The molecule has 3 rings (SSSR count). The fraction of sp³-hybridized carbons (Fsp3) is 0.263. The van der Waals surface area contributed by atoms with Crippen LogP contribution in [0.15, 0.2) is 44.4 Å². The van der Waals surface area contributed by atoms with E-state index in [4.69, 9.17) is 9.52 Å². The van der Waals surface area contributed by atoms with Gasteiger partial charge in [0.25, 0.3) is 0 Å². The van der Waals surface area contributed by atoms with Crippen molar-refractivity contribution in [2.24, 2.45) is 0 Å². The number of aryl methyl sites for hydroxylation is 1. The van der Waals surface area contributed by atoms with Crippen LogP contribution < -0.4 is 5.43 Å². The minimum absolute atomic E-state index is 0.00209. The predicted octanol–water partition coefficient (Wildman–Crippen LogP) is 3.39. The van der Waals surface area contributed by atoms with Crippen LogP contribution in [0.1, 0.15) is 36.2 Å². The second-order valence-electron chi connectivity index (χ2n) is 6.07. The predicted molar refractivity (Wildman–Crippen MR) is 98.7 cm³/mol. The first kappa shape index (κ1) is 18.1. The van der Waals surface area contributed by atoms with Gasteiger partial charge < -0.3 is 9.52 Å². The van der Waals surface area contributed by atoms with Crippen LogP contribution in [0.3, 0.4) is 0 Å². The van der Waals surface area contributed by atoms with Crippen molar-refractivity contribution in [1.82, 2.24) is 0 Å². The van der Waals surface area contributed by atoms with Crippen molar-refractivity contribution in [2.75, 3.05) is 5.75 Å². The molecule has 0 radical (unpaired) electrons. The summed E-state index contributed by atoms with van der Waals surface area (Å²) in [4.78, 5) is 24.1. The van der Waals surface area contributed by atoms with Gasteiger partial charge in [0.2, 0.25) is 5.43 Å². The number of carbonyl (C=O) groups is 1. The molecule has 0 saturated heterocycles. The van der Waals surface area contributed by atoms with Gasteiger partial charge >= 0.3 is 5.97 Å². The second-order valence-corrected chi connectivity index (χ2v) is 8.32. The molecule has 26 heavy (non-hydrogen) atoms. The number of sulfone groups is 1. The molecule has 0 atom stereocenters. The van der Waals surface area contributed by atoms with Gasteiger partial charge in [0.15, 0.2) is 15.4 Å². The SMILES string of the molecule is CCCc1cc(S(=O)(=O)CC)c2oc3ccc(C(=O)O)cc3c(=O)c2c1. The van der Waals surface area contributed by atoms with Crippen molar-refractivity contribution in [3.63, 3.8) is 0 Å². The Kier molecular flexibility index (Phi) is 4.58. The van der Waals surface area contributed by atoms with Crippen molar-refractivity contribution in [1.29, 1.82) is 0 Å². The summed E-state index contributed by atoms with van der Waals surface area (Å²) in [6.45, 7) is 3.49. The summed E-state index contributed by atoms with van der Waals surface area (Å²) >= 11 is 0. The first-order valence-electron chi connectivity index (χ1n) is 8.28. The summed E-state index contributed by atoms with van der Waals surface area (Å²) in [5.74, 6) is -1.27. The smallest absolute Gasteiger partial charge is 0.335 e. The molecule has 1 heterocycles. The van der Waals surface area contributed by atoms with Crippen molar-refractivity contribution in [3.8, 4) is 0 Å². The number of hydrogen-bond acceptors (Lipinski definition) is 5.